The van der Waals surface area contributed by atoms with Crippen LogP contribution in [0.4, 0.5) is 0 Å². The van der Waals surface area contributed by atoms with E-state index in [1.54, 1.807) is 7.11 Å². The molecule has 0 aliphatic carbocycles. The SMILES string of the molecule is CCNC(c1cnn(C)c1)c1ccccc1OC. The molecule has 4 heteroatoms. The zero-order chi connectivity index (χ0) is 13.0. The van der Waals surface area contributed by atoms with Gasteiger partial charge in [-0.1, -0.05) is 25.1 Å². The number of para-hydroxylation sites is 1. The molecule has 0 fully saturated rings. The van der Waals surface area contributed by atoms with Crippen molar-refractivity contribution in [3.05, 3.63) is 47.8 Å². The summed E-state index contributed by atoms with van der Waals surface area (Å²) in [6.45, 7) is 2.98. The van der Waals surface area contributed by atoms with Crippen LogP contribution < -0.4 is 10.1 Å². The molecule has 4 nitrogen and oxygen atoms in total. The van der Waals surface area contributed by atoms with Gasteiger partial charge in [0, 0.05) is 24.4 Å². The van der Waals surface area contributed by atoms with Crippen LogP contribution in [-0.4, -0.2) is 23.4 Å². The number of benzene rings is 1. The van der Waals surface area contributed by atoms with Crippen molar-refractivity contribution in [2.24, 2.45) is 7.05 Å². The molecule has 1 aromatic carbocycles. The Labute approximate surface area is 108 Å². The molecule has 0 saturated heterocycles. The van der Waals surface area contributed by atoms with Crippen LogP contribution >= 0.6 is 0 Å². The van der Waals surface area contributed by atoms with Crippen LogP contribution in [0.3, 0.4) is 0 Å². The molecule has 96 valence electrons. The Balaban J connectivity index is 2.41. The summed E-state index contributed by atoms with van der Waals surface area (Å²) in [5, 5.41) is 7.71. The third-order valence-corrected chi connectivity index (χ3v) is 2.92. The Hall–Kier alpha value is -1.81. The summed E-state index contributed by atoms with van der Waals surface area (Å²) in [7, 11) is 3.62. The molecule has 2 rings (SSSR count). The van der Waals surface area contributed by atoms with E-state index in [4.69, 9.17) is 4.74 Å². The largest absolute Gasteiger partial charge is 0.496 e. The highest BCUT2D eigenvalue weighted by Gasteiger charge is 2.18. The van der Waals surface area contributed by atoms with E-state index in [-0.39, 0.29) is 6.04 Å². The summed E-state index contributed by atoms with van der Waals surface area (Å²) >= 11 is 0. The molecule has 0 bridgehead atoms. The molecule has 2 aromatic rings. The third kappa shape index (κ3) is 2.54. The number of methoxy groups -OCH3 is 1. The number of rotatable bonds is 5. The van der Waals surface area contributed by atoms with Crippen molar-refractivity contribution in [1.82, 2.24) is 15.1 Å². The first kappa shape index (κ1) is 12.6. The lowest BCUT2D eigenvalue weighted by Gasteiger charge is -2.19. The summed E-state index contributed by atoms with van der Waals surface area (Å²) < 4.78 is 7.25. The molecular weight excluding hydrogens is 226 g/mol. The lowest BCUT2D eigenvalue weighted by molar-refractivity contribution is 0.404. The highest BCUT2D eigenvalue weighted by atomic mass is 16.5. The number of nitrogens with zero attached hydrogens (tertiary/aromatic N) is 2. The van der Waals surface area contributed by atoms with Gasteiger partial charge in [-0.15, -0.1) is 0 Å². The first-order valence-corrected chi connectivity index (χ1v) is 6.11. The van der Waals surface area contributed by atoms with Gasteiger partial charge in [-0.25, -0.2) is 0 Å². The van der Waals surface area contributed by atoms with Gasteiger partial charge in [-0.2, -0.15) is 5.10 Å². The number of ether oxygens (including phenoxy) is 1. The standard InChI is InChI=1S/C14H19N3O/c1-4-15-14(11-9-16-17(2)10-11)12-7-5-6-8-13(12)18-3/h5-10,14-15H,4H2,1-3H3. The zero-order valence-electron chi connectivity index (χ0n) is 11.1. The predicted molar refractivity (Wildman–Crippen MR) is 71.7 cm³/mol. The van der Waals surface area contributed by atoms with Crippen LogP contribution in [0.2, 0.25) is 0 Å². The Morgan fingerprint density at radius 3 is 2.78 bits per heavy atom. The van der Waals surface area contributed by atoms with Crippen LogP contribution in [0, 0.1) is 0 Å². The molecule has 0 saturated carbocycles. The Bertz CT molecular complexity index is 507. The van der Waals surface area contributed by atoms with Crippen LogP contribution in [0.5, 0.6) is 5.75 Å². The van der Waals surface area contributed by atoms with E-state index in [1.165, 1.54) is 0 Å². The minimum atomic E-state index is 0.111. The topological polar surface area (TPSA) is 39.1 Å². The van der Waals surface area contributed by atoms with Crippen molar-refractivity contribution in [1.29, 1.82) is 0 Å². The van der Waals surface area contributed by atoms with E-state index in [1.807, 2.05) is 42.3 Å². The van der Waals surface area contributed by atoms with E-state index in [0.717, 1.165) is 23.4 Å². The lowest BCUT2D eigenvalue weighted by Crippen LogP contribution is -2.22. The average Bonchev–Trinajstić information content (AvgIpc) is 2.82. The van der Waals surface area contributed by atoms with Gasteiger partial charge >= 0.3 is 0 Å². The minimum absolute atomic E-state index is 0.111. The summed E-state index contributed by atoms with van der Waals surface area (Å²) in [4.78, 5) is 0. The van der Waals surface area contributed by atoms with Crippen LogP contribution in [-0.2, 0) is 7.05 Å². The summed E-state index contributed by atoms with van der Waals surface area (Å²) in [5.74, 6) is 0.896. The van der Waals surface area contributed by atoms with Crippen LogP contribution in [0.1, 0.15) is 24.1 Å². The zero-order valence-corrected chi connectivity index (χ0v) is 11.1. The fraction of sp³-hybridized carbons (Fsp3) is 0.357. The van der Waals surface area contributed by atoms with Crippen molar-refractivity contribution in [2.75, 3.05) is 13.7 Å². The van der Waals surface area contributed by atoms with Gasteiger partial charge in [0.05, 0.1) is 19.3 Å². The van der Waals surface area contributed by atoms with E-state index in [9.17, 15) is 0 Å². The Morgan fingerprint density at radius 2 is 2.17 bits per heavy atom. The maximum absolute atomic E-state index is 5.43. The van der Waals surface area contributed by atoms with E-state index >= 15 is 0 Å². The molecule has 0 aliphatic rings. The Morgan fingerprint density at radius 1 is 1.39 bits per heavy atom. The maximum Gasteiger partial charge on any atom is 0.123 e. The highest BCUT2D eigenvalue weighted by molar-refractivity contribution is 5.40. The van der Waals surface area contributed by atoms with Crippen molar-refractivity contribution in [2.45, 2.75) is 13.0 Å². The molecule has 0 amide bonds. The van der Waals surface area contributed by atoms with Gasteiger partial charge in [0.25, 0.3) is 0 Å². The monoisotopic (exact) mass is 245 g/mol. The molecular formula is C14H19N3O. The second-order valence-electron chi connectivity index (χ2n) is 4.18. The second kappa shape index (κ2) is 5.69. The molecule has 0 spiro atoms. The first-order chi connectivity index (χ1) is 8.76. The summed E-state index contributed by atoms with van der Waals surface area (Å²) in [6, 6.07) is 8.18. The molecule has 1 heterocycles. The average molecular weight is 245 g/mol. The number of aromatic nitrogens is 2. The van der Waals surface area contributed by atoms with Gasteiger partial charge in [0.15, 0.2) is 0 Å². The number of hydrogen-bond donors (Lipinski definition) is 1. The normalized spacial score (nSPS) is 12.4. The lowest BCUT2D eigenvalue weighted by atomic mass is 10.0. The molecule has 0 radical (unpaired) electrons. The molecule has 1 aromatic heterocycles. The van der Waals surface area contributed by atoms with E-state index in [0.29, 0.717) is 0 Å². The summed E-state index contributed by atoms with van der Waals surface area (Å²) in [6.07, 6.45) is 3.92. The fourth-order valence-electron chi connectivity index (χ4n) is 2.11. The smallest absolute Gasteiger partial charge is 0.123 e. The fourth-order valence-corrected chi connectivity index (χ4v) is 2.11. The van der Waals surface area contributed by atoms with Crippen LogP contribution in [0.25, 0.3) is 0 Å². The minimum Gasteiger partial charge on any atom is -0.496 e. The van der Waals surface area contributed by atoms with Crippen molar-refractivity contribution >= 4 is 0 Å². The quantitative estimate of drug-likeness (QED) is 0.877. The molecule has 1 N–H and O–H groups in total. The van der Waals surface area contributed by atoms with Crippen molar-refractivity contribution in [3.8, 4) is 5.75 Å². The van der Waals surface area contributed by atoms with E-state index in [2.05, 4.69) is 23.4 Å². The predicted octanol–water partition coefficient (Wildman–Crippen LogP) is 2.13. The van der Waals surface area contributed by atoms with E-state index < -0.39 is 0 Å². The Kier molecular flexibility index (Phi) is 3.99. The molecule has 18 heavy (non-hydrogen) atoms. The third-order valence-electron chi connectivity index (χ3n) is 2.92. The molecule has 1 atom stereocenters. The number of nitrogens with one attached hydrogen (secondary N) is 1. The number of hydrogen-bond acceptors (Lipinski definition) is 3. The summed E-state index contributed by atoms with van der Waals surface area (Å²) in [5.41, 5.74) is 2.28. The molecule has 0 aliphatic heterocycles. The second-order valence-corrected chi connectivity index (χ2v) is 4.18. The van der Waals surface area contributed by atoms with Gasteiger partial charge in [-0.3, -0.25) is 4.68 Å². The first-order valence-electron chi connectivity index (χ1n) is 6.11. The van der Waals surface area contributed by atoms with Gasteiger partial charge in [-0.05, 0) is 12.6 Å². The van der Waals surface area contributed by atoms with Crippen molar-refractivity contribution < 1.29 is 4.74 Å². The highest BCUT2D eigenvalue weighted by Crippen LogP contribution is 2.29. The molecule has 1 unspecified atom stereocenters. The number of aryl methyl sites for hydroxylation is 1. The maximum atomic E-state index is 5.43. The van der Waals surface area contributed by atoms with Gasteiger partial charge < -0.3 is 10.1 Å². The van der Waals surface area contributed by atoms with Crippen molar-refractivity contribution in [3.63, 3.8) is 0 Å². The van der Waals surface area contributed by atoms with Gasteiger partial charge in [0.2, 0.25) is 0 Å². The van der Waals surface area contributed by atoms with Crippen LogP contribution in [0.15, 0.2) is 36.7 Å². The van der Waals surface area contributed by atoms with Gasteiger partial charge in [0.1, 0.15) is 5.75 Å².